The normalized spacial score (nSPS) is 24.4. The summed E-state index contributed by atoms with van der Waals surface area (Å²) in [7, 11) is 0. The lowest BCUT2D eigenvalue weighted by Crippen LogP contribution is -2.08. The van der Waals surface area contributed by atoms with Crippen LogP contribution < -0.4 is 0 Å². The molecule has 0 amide bonds. The number of hydrogen-bond acceptors (Lipinski definition) is 2. The fourth-order valence-corrected chi connectivity index (χ4v) is 2.50. The summed E-state index contributed by atoms with van der Waals surface area (Å²) < 4.78 is 0. The van der Waals surface area contributed by atoms with Gasteiger partial charge in [0.25, 0.3) is 0 Å². The van der Waals surface area contributed by atoms with Crippen LogP contribution in [0.15, 0.2) is 18.2 Å². The molecule has 2 rings (SSSR count). The second-order valence-electron chi connectivity index (χ2n) is 5.16. The van der Waals surface area contributed by atoms with Crippen LogP contribution in [-0.4, -0.2) is 16.2 Å². The zero-order valence-electron chi connectivity index (χ0n) is 10.2. The van der Waals surface area contributed by atoms with Gasteiger partial charge in [-0.2, -0.15) is 0 Å². The molecule has 17 heavy (non-hydrogen) atoms. The highest BCUT2D eigenvalue weighted by atomic mass is 16.4. The van der Waals surface area contributed by atoms with Gasteiger partial charge < -0.3 is 10.2 Å². The second kappa shape index (κ2) is 4.40. The van der Waals surface area contributed by atoms with E-state index >= 15 is 0 Å². The number of hydrogen-bond donors (Lipinski definition) is 2. The van der Waals surface area contributed by atoms with Gasteiger partial charge in [0.05, 0.1) is 5.92 Å². The highest BCUT2D eigenvalue weighted by molar-refractivity contribution is 5.73. The minimum atomic E-state index is -0.685. The first-order chi connectivity index (χ1) is 7.99. The van der Waals surface area contributed by atoms with Crippen molar-refractivity contribution in [3.05, 3.63) is 29.3 Å². The van der Waals surface area contributed by atoms with Crippen LogP contribution in [0.5, 0.6) is 5.75 Å². The molecule has 92 valence electrons. The number of aliphatic carboxylic acids is 1. The van der Waals surface area contributed by atoms with Crippen LogP contribution in [0.25, 0.3) is 0 Å². The zero-order chi connectivity index (χ0) is 12.6. The molecule has 0 saturated heterocycles. The molecule has 3 nitrogen and oxygen atoms in total. The Morgan fingerprint density at radius 3 is 2.82 bits per heavy atom. The number of carboxylic acids is 1. The van der Waals surface area contributed by atoms with Gasteiger partial charge in [-0.15, -0.1) is 0 Å². The molecule has 1 aliphatic rings. The maximum absolute atomic E-state index is 10.8. The monoisotopic (exact) mass is 234 g/mol. The van der Waals surface area contributed by atoms with Crippen LogP contribution in [0.4, 0.5) is 0 Å². The van der Waals surface area contributed by atoms with E-state index < -0.39 is 5.97 Å². The molecule has 0 radical (unpaired) electrons. The Morgan fingerprint density at radius 2 is 2.24 bits per heavy atom. The number of aryl methyl sites for hydroxylation is 1. The number of benzene rings is 1. The first-order valence-corrected chi connectivity index (χ1v) is 6.00. The van der Waals surface area contributed by atoms with E-state index in [2.05, 4.69) is 6.92 Å². The highest BCUT2D eigenvalue weighted by Gasteiger charge is 2.46. The number of phenols is 1. The van der Waals surface area contributed by atoms with E-state index in [0.29, 0.717) is 11.7 Å². The third-order valence-electron chi connectivity index (χ3n) is 3.66. The van der Waals surface area contributed by atoms with Gasteiger partial charge in [-0.1, -0.05) is 24.6 Å². The number of carbonyl (C=O) groups is 1. The Balaban J connectivity index is 2.02. The standard InChI is InChI=1S/C14H18O3/c1-8-3-4-13(15)10(5-8)6-9(2)11-7-12(11)14(16)17/h3-5,9,11-12,15H,6-7H2,1-2H3,(H,16,17). The van der Waals surface area contributed by atoms with Crippen molar-refractivity contribution in [3.8, 4) is 5.75 Å². The summed E-state index contributed by atoms with van der Waals surface area (Å²) >= 11 is 0. The predicted molar refractivity (Wildman–Crippen MR) is 64.9 cm³/mol. The summed E-state index contributed by atoms with van der Waals surface area (Å²) in [5, 5.41) is 18.6. The maximum Gasteiger partial charge on any atom is 0.306 e. The summed E-state index contributed by atoms with van der Waals surface area (Å²) in [4.78, 5) is 10.8. The molecule has 0 heterocycles. The quantitative estimate of drug-likeness (QED) is 0.841. The number of phenolic OH excluding ortho intramolecular Hbond substituents is 1. The van der Waals surface area contributed by atoms with Crippen molar-refractivity contribution >= 4 is 5.97 Å². The van der Waals surface area contributed by atoms with Gasteiger partial charge >= 0.3 is 5.97 Å². The Morgan fingerprint density at radius 1 is 1.53 bits per heavy atom. The van der Waals surface area contributed by atoms with Gasteiger partial charge in [-0.3, -0.25) is 4.79 Å². The Labute approximate surface area is 101 Å². The average Bonchev–Trinajstić information content (AvgIpc) is 3.03. The second-order valence-corrected chi connectivity index (χ2v) is 5.16. The van der Waals surface area contributed by atoms with E-state index in [4.69, 9.17) is 5.11 Å². The van der Waals surface area contributed by atoms with Crippen molar-refractivity contribution < 1.29 is 15.0 Å². The molecular weight excluding hydrogens is 216 g/mol. The molecule has 1 aromatic rings. The molecule has 0 aromatic heterocycles. The number of carboxylic acid groups (broad SMARTS) is 1. The number of rotatable bonds is 4. The summed E-state index contributed by atoms with van der Waals surface area (Å²) in [5.74, 6) is 0.0402. The van der Waals surface area contributed by atoms with Crippen molar-refractivity contribution in [1.29, 1.82) is 0 Å². The molecule has 3 heteroatoms. The minimum Gasteiger partial charge on any atom is -0.508 e. The summed E-state index contributed by atoms with van der Waals surface area (Å²) in [6, 6.07) is 5.56. The molecule has 0 aliphatic heterocycles. The van der Waals surface area contributed by atoms with Crippen molar-refractivity contribution in [3.63, 3.8) is 0 Å². The molecule has 1 aromatic carbocycles. The van der Waals surface area contributed by atoms with E-state index in [0.717, 1.165) is 24.0 Å². The Hall–Kier alpha value is -1.51. The van der Waals surface area contributed by atoms with Gasteiger partial charge in [0.2, 0.25) is 0 Å². The number of aromatic hydroxyl groups is 1. The van der Waals surface area contributed by atoms with Crippen LogP contribution >= 0.6 is 0 Å². The molecule has 1 fully saturated rings. The van der Waals surface area contributed by atoms with E-state index in [1.807, 2.05) is 19.1 Å². The van der Waals surface area contributed by atoms with Crippen molar-refractivity contribution in [2.75, 3.05) is 0 Å². The molecule has 3 unspecified atom stereocenters. The molecule has 0 spiro atoms. The van der Waals surface area contributed by atoms with Crippen LogP contribution in [0, 0.1) is 24.7 Å². The average molecular weight is 234 g/mol. The fourth-order valence-electron chi connectivity index (χ4n) is 2.50. The van der Waals surface area contributed by atoms with Gasteiger partial charge in [-0.05, 0) is 43.2 Å². The van der Waals surface area contributed by atoms with Crippen molar-refractivity contribution in [1.82, 2.24) is 0 Å². The first-order valence-electron chi connectivity index (χ1n) is 6.00. The zero-order valence-corrected chi connectivity index (χ0v) is 10.2. The van der Waals surface area contributed by atoms with Gasteiger partial charge in [0, 0.05) is 0 Å². The Kier molecular flexibility index (Phi) is 3.09. The van der Waals surface area contributed by atoms with E-state index in [1.165, 1.54) is 0 Å². The third kappa shape index (κ3) is 2.60. The lowest BCUT2D eigenvalue weighted by molar-refractivity contribution is -0.139. The SMILES string of the molecule is Cc1ccc(O)c(CC(C)C2CC2C(=O)O)c1. The molecule has 3 atom stereocenters. The molecule has 1 aliphatic carbocycles. The van der Waals surface area contributed by atoms with Crippen LogP contribution in [-0.2, 0) is 11.2 Å². The van der Waals surface area contributed by atoms with E-state index in [9.17, 15) is 9.90 Å². The van der Waals surface area contributed by atoms with Crippen LogP contribution in [0.1, 0.15) is 24.5 Å². The Bertz CT molecular complexity index is 439. The fraction of sp³-hybridized carbons (Fsp3) is 0.500. The molecule has 2 N–H and O–H groups in total. The summed E-state index contributed by atoms with van der Waals surface area (Å²) in [6.45, 7) is 4.06. The van der Waals surface area contributed by atoms with Crippen LogP contribution in [0.2, 0.25) is 0 Å². The first kappa shape index (κ1) is 12.0. The molecule has 1 saturated carbocycles. The summed E-state index contributed by atoms with van der Waals surface area (Å²) in [6.07, 6.45) is 1.53. The van der Waals surface area contributed by atoms with Crippen LogP contribution in [0.3, 0.4) is 0 Å². The van der Waals surface area contributed by atoms with E-state index in [1.54, 1.807) is 6.07 Å². The minimum absolute atomic E-state index is 0.169. The maximum atomic E-state index is 10.8. The highest BCUT2D eigenvalue weighted by Crippen LogP contribution is 2.45. The lowest BCUT2D eigenvalue weighted by atomic mass is 9.94. The lowest BCUT2D eigenvalue weighted by Gasteiger charge is -2.12. The molecular formula is C14H18O3. The topological polar surface area (TPSA) is 57.5 Å². The predicted octanol–water partition coefficient (Wildman–Crippen LogP) is 2.60. The van der Waals surface area contributed by atoms with E-state index in [-0.39, 0.29) is 11.8 Å². The van der Waals surface area contributed by atoms with Crippen molar-refractivity contribution in [2.45, 2.75) is 26.7 Å². The van der Waals surface area contributed by atoms with Crippen molar-refractivity contribution in [2.24, 2.45) is 17.8 Å². The molecule has 0 bridgehead atoms. The van der Waals surface area contributed by atoms with Gasteiger partial charge in [-0.25, -0.2) is 0 Å². The smallest absolute Gasteiger partial charge is 0.306 e. The third-order valence-corrected chi connectivity index (χ3v) is 3.66. The van der Waals surface area contributed by atoms with Gasteiger partial charge in [0.15, 0.2) is 0 Å². The summed E-state index contributed by atoms with van der Waals surface area (Å²) in [5.41, 5.74) is 2.05. The van der Waals surface area contributed by atoms with Gasteiger partial charge in [0.1, 0.15) is 5.75 Å². The largest absolute Gasteiger partial charge is 0.508 e.